The third-order valence-electron chi connectivity index (χ3n) is 6.20. The predicted octanol–water partition coefficient (Wildman–Crippen LogP) is 0.740. The highest BCUT2D eigenvalue weighted by Crippen LogP contribution is 2.37. The van der Waals surface area contributed by atoms with E-state index in [1.165, 1.54) is 6.20 Å². The largest absolute Gasteiger partial charge is 0.506 e. The number of hydrogen-bond acceptors (Lipinski definition) is 5. The third-order valence-corrected chi connectivity index (χ3v) is 6.20. The van der Waals surface area contributed by atoms with Crippen molar-refractivity contribution in [2.45, 2.75) is 62.6 Å². The third kappa shape index (κ3) is 3.16. The number of nitrogens with one attached hydrogen (secondary N) is 1. The first kappa shape index (κ1) is 17.3. The molecule has 4 rings (SSSR count). The number of amides is 2. The van der Waals surface area contributed by atoms with E-state index in [2.05, 4.69) is 10.3 Å². The fourth-order valence-electron chi connectivity index (χ4n) is 4.51. The second kappa shape index (κ2) is 6.54. The summed E-state index contributed by atoms with van der Waals surface area (Å²) in [6.07, 6.45) is 7.75. The predicted molar refractivity (Wildman–Crippen MR) is 93.2 cm³/mol. The van der Waals surface area contributed by atoms with Gasteiger partial charge >= 0.3 is 0 Å². The zero-order valence-electron chi connectivity index (χ0n) is 14.7. The van der Waals surface area contributed by atoms with Crippen LogP contribution in [0.3, 0.4) is 0 Å². The molecule has 1 aromatic heterocycles. The zero-order chi connectivity index (χ0) is 18.3. The molecule has 3 N–H and O–H groups in total. The minimum Gasteiger partial charge on any atom is -0.506 e. The molecular weight excluding hydrogens is 334 g/mol. The first-order valence-electron chi connectivity index (χ1n) is 9.40. The minimum absolute atomic E-state index is 0.0311. The zero-order valence-corrected chi connectivity index (χ0v) is 14.7. The lowest BCUT2D eigenvalue weighted by Crippen LogP contribution is -2.56. The minimum atomic E-state index is -1.17. The van der Waals surface area contributed by atoms with E-state index in [-0.39, 0.29) is 42.0 Å². The number of aliphatic hydroxyl groups is 1. The van der Waals surface area contributed by atoms with Gasteiger partial charge in [-0.25, -0.2) is 0 Å². The number of carbonyl (C=O) groups is 2. The Hall–Kier alpha value is -2.15. The number of aromatic nitrogens is 1. The first-order chi connectivity index (χ1) is 12.4. The molecule has 1 saturated heterocycles. The standard InChI is InChI=1S/C19H25N3O4/c23-15-6-12(9-20-10-15)7-17(24)22-11-13-8-14(22)2-3-16(13)21-18(25)19(26)4-1-5-19/h6,9-10,13-14,16,23,26H,1-5,7-8,11H2,(H,21,25). The molecule has 140 valence electrons. The van der Waals surface area contributed by atoms with E-state index in [0.29, 0.717) is 24.9 Å². The highest BCUT2D eigenvalue weighted by molar-refractivity contribution is 5.86. The maximum Gasteiger partial charge on any atom is 0.252 e. The van der Waals surface area contributed by atoms with Gasteiger partial charge < -0.3 is 20.4 Å². The van der Waals surface area contributed by atoms with E-state index in [1.54, 1.807) is 12.3 Å². The van der Waals surface area contributed by atoms with Crippen molar-refractivity contribution < 1.29 is 19.8 Å². The lowest BCUT2D eigenvalue weighted by Gasteiger charge is -2.38. The van der Waals surface area contributed by atoms with Crippen LogP contribution in [0, 0.1) is 5.92 Å². The molecule has 2 bridgehead atoms. The van der Waals surface area contributed by atoms with Gasteiger partial charge in [-0.2, -0.15) is 0 Å². The van der Waals surface area contributed by atoms with E-state index < -0.39 is 5.60 Å². The van der Waals surface area contributed by atoms with Gasteiger partial charge in [0.05, 0.1) is 12.6 Å². The van der Waals surface area contributed by atoms with E-state index >= 15 is 0 Å². The molecule has 3 atom stereocenters. The number of aromatic hydroxyl groups is 1. The second-order valence-electron chi connectivity index (χ2n) is 7.97. The summed E-state index contributed by atoms with van der Waals surface area (Å²) < 4.78 is 0. The van der Waals surface area contributed by atoms with E-state index in [9.17, 15) is 19.8 Å². The van der Waals surface area contributed by atoms with Crippen LogP contribution in [0.2, 0.25) is 0 Å². The fraction of sp³-hybridized carbons (Fsp3) is 0.632. The van der Waals surface area contributed by atoms with Gasteiger partial charge in [-0.05, 0) is 56.1 Å². The van der Waals surface area contributed by atoms with Gasteiger partial charge in [0, 0.05) is 24.8 Å². The fourth-order valence-corrected chi connectivity index (χ4v) is 4.51. The Bertz CT molecular complexity index is 718. The summed E-state index contributed by atoms with van der Waals surface area (Å²) in [6, 6.07) is 1.82. The lowest BCUT2D eigenvalue weighted by atomic mass is 9.78. The molecule has 7 heteroatoms. The molecular formula is C19H25N3O4. The molecule has 2 heterocycles. The van der Waals surface area contributed by atoms with Gasteiger partial charge in [-0.15, -0.1) is 0 Å². The monoisotopic (exact) mass is 359 g/mol. The van der Waals surface area contributed by atoms with Gasteiger partial charge in [-0.1, -0.05) is 0 Å². The Morgan fingerprint density at radius 2 is 2.12 bits per heavy atom. The Labute approximate surface area is 152 Å². The van der Waals surface area contributed by atoms with Gasteiger partial charge in [0.1, 0.15) is 11.4 Å². The number of carbonyl (C=O) groups excluding carboxylic acids is 2. The number of nitrogens with zero attached hydrogens (tertiary/aromatic N) is 2. The molecule has 26 heavy (non-hydrogen) atoms. The van der Waals surface area contributed by atoms with E-state index in [0.717, 1.165) is 25.7 Å². The topological polar surface area (TPSA) is 103 Å². The molecule has 1 aliphatic heterocycles. The quantitative estimate of drug-likeness (QED) is 0.736. The summed E-state index contributed by atoms with van der Waals surface area (Å²) in [5.74, 6) is 0.0945. The van der Waals surface area contributed by atoms with Crippen LogP contribution in [0.1, 0.15) is 44.1 Å². The lowest BCUT2D eigenvalue weighted by molar-refractivity contribution is -0.149. The number of likely N-dealkylation sites (tertiary alicyclic amines) is 1. The summed E-state index contributed by atoms with van der Waals surface area (Å²) in [7, 11) is 0. The van der Waals surface area contributed by atoms with Crippen LogP contribution < -0.4 is 5.32 Å². The van der Waals surface area contributed by atoms with Crippen molar-refractivity contribution in [2.24, 2.45) is 5.92 Å². The van der Waals surface area contributed by atoms with Crippen LogP contribution in [0.5, 0.6) is 5.75 Å². The second-order valence-corrected chi connectivity index (χ2v) is 7.97. The number of fused-ring (bicyclic) bond motifs is 2. The Morgan fingerprint density at radius 1 is 1.31 bits per heavy atom. The van der Waals surface area contributed by atoms with Crippen LogP contribution in [0.15, 0.2) is 18.5 Å². The summed E-state index contributed by atoms with van der Waals surface area (Å²) in [5, 5.41) is 22.7. The number of rotatable bonds is 4. The van der Waals surface area contributed by atoms with Gasteiger partial charge in [-0.3, -0.25) is 14.6 Å². The van der Waals surface area contributed by atoms with Crippen LogP contribution in [-0.4, -0.2) is 56.1 Å². The van der Waals surface area contributed by atoms with Gasteiger partial charge in [0.25, 0.3) is 5.91 Å². The maximum absolute atomic E-state index is 12.7. The van der Waals surface area contributed by atoms with Gasteiger partial charge in [0.2, 0.25) is 5.91 Å². The average molecular weight is 359 g/mol. The molecule has 3 fully saturated rings. The molecule has 3 aliphatic rings. The van der Waals surface area contributed by atoms with Crippen molar-refractivity contribution in [3.05, 3.63) is 24.0 Å². The average Bonchev–Trinajstić information content (AvgIpc) is 2.93. The number of pyridine rings is 1. The van der Waals surface area contributed by atoms with Crippen LogP contribution >= 0.6 is 0 Å². The van der Waals surface area contributed by atoms with Crippen molar-refractivity contribution in [2.75, 3.05) is 6.54 Å². The van der Waals surface area contributed by atoms with Gasteiger partial charge in [0.15, 0.2) is 0 Å². The van der Waals surface area contributed by atoms with Crippen molar-refractivity contribution in [3.8, 4) is 5.75 Å². The Balaban J connectivity index is 1.37. The molecule has 2 saturated carbocycles. The van der Waals surface area contributed by atoms with E-state index in [1.807, 2.05) is 4.90 Å². The smallest absolute Gasteiger partial charge is 0.252 e. The Morgan fingerprint density at radius 3 is 2.81 bits per heavy atom. The summed E-state index contributed by atoms with van der Waals surface area (Å²) in [4.78, 5) is 30.8. The molecule has 0 spiro atoms. The molecule has 2 amide bonds. The highest BCUT2D eigenvalue weighted by atomic mass is 16.3. The molecule has 3 unspecified atom stereocenters. The first-order valence-corrected chi connectivity index (χ1v) is 9.40. The van der Waals surface area contributed by atoms with Crippen LogP contribution in [0.4, 0.5) is 0 Å². The summed E-state index contributed by atoms with van der Waals surface area (Å²) in [6.45, 7) is 0.638. The van der Waals surface area contributed by atoms with E-state index in [4.69, 9.17) is 0 Å². The normalized spacial score (nSPS) is 29.1. The van der Waals surface area contributed by atoms with Crippen LogP contribution in [-0.2, 0) is 16.0 Å². The highest BCUT2D eigenvalue weighted by Gasteiger charge is 2.47. The molecule has 7 nitrogen and oxygen atoms in total. The summed E-state index contributed by atoms with van der Waals surface area (Å²) >= 11 is 0. The maximum atomic E-state index is 12.7. The molecule has 2 aliphatic carbocycles. The van der Waals surface area contributed by atoms with Crippen molar-refractivity contribution in [1.29, 1.82) is 0 Å². The van der Waals surface area contributed by atoms with Crippen LogP contribution in [0.25, 0.3) is 0 Å². The molecule has 0 radical (unpaired) electrons. The SMILES string of the molecule is O=C(Cc1cncc(O)c1)N1CC2CC1CCC2NC(=O)C1(O)CCC1. The molecule has 0 aromatic carbocycles. The Kier molecular flexibility index (Phi) is 4.34. The molecule has 1 aromatic rings. The number of hydrogen-bond donors (Lipinski definition) is 3. The van der Waals surface area contributed by atoms with Crippen molar-refractivity contribution in [3.63, 3.8) is 0 Å². The van der Waals surface area contributed by atoms with Crippen molar-refractivity contribution in [1.82, 2.24) is 15.2 Å². The summed E-state index contributed by atoms with van der Waals surface area (Å²) in [5.41, 5.74) is -0.471. The van der Waals surface area contributed by atoms with Crippen molar-refractivity contribution >= 4 is 11.8 Å².